The second kappa shape index (κ2) is 7.88. The Hall–Kier alpha value is -3.46. The lowest BCUT2D eigenvalue weighted by molar-refractivity contribution is -0.112. The lowest BCUT2D eigenvalue weighted by atomic mass is 10.0. The number of ketones is 1. The van der Waals surface area contributed by atoms with Crippen LogP contribution in [0.5, 0.6) is 0 Å². The predicted octanol–water partition coefficient (Wildman–Crippen LogP) is 6.22. The van der Waals surface area contributed by atoms with Crippen LogP contribution in [-0.4, -0.2) is 15.3 Å². The summed E-state index contributed by atoms with van der Waals surface area (Å²) in [4.78, 5) is 16.3. The zero-order valence-electron chi connectivity index (χ0n) is 17.0. The Morgan fingerprint density at radius 2 is 1.76 bits per heavy atom. The van der Waals surface area contributed by atoms with Crippen molar-refractivity contribution in [1.82, 2.24) is 9.55 Å². The van der Waals surface area contributed by atoms with Gasteiger partial charge in [0.25, 0.3) is 0 Å². The van der Waals surface area contributed by atoms with Crippen molar-refractivity contribution in [2.24, 2.45) is 0 Å². The fourth-order valence-electron chi connectivity index (χ4n) is 3.63. The number of aryl methyl sites for hydroxylation is 1. The summed E-state index contributed by atoms with van der Waals surface area (Å²) in [6, 6.07) is 25.2. The summed E-state index contributed by atoms with van der Waals surface area (Å²) in [5, 5.41) is 0. The topological polar surface area (TPSA) is 34.9 Å². The third-order valence-electron chi connectivity index (χ3n) is 5.20. The number of nitrogens with zero attached hydrogens (tertiary/aromatic N) is 2. The summed E-state index contributed by atoms with van der Waals surface area (Å²) >= 11 is 0. The Balaban J connectivity index is 1.87. The second-order valence-corrected chi connectivity index (χ2v) is 7.45. The summed E-state index contributed by atoms with van der Waals surface area (Å²) in [6.45, 7) is 5.87. The number of allylic oxidation sites excluding steroid dienone is 1. The Morgan fingerprint density at radius 3 is 2.52 bits per heavy atom. The van der Waals surface area contributed by atoms with Crippen LogP contribution in [0.2, 0.25) is 0 Å². The maximum atomic E-state index is 11.3. The number of carbonyl (C=O) groups is 1. The number of benzene rings is 3. The highest BCUT2D eigenvalue weighted by atomic mass is 16.1. The minimum Gasteiger partial charge on any atom is -0.317 e. The first-order valence-electron chi connectivity index (χ1n) is 9.85. The molecule has 0 spiro atoms. The van der Waals surface area contributed by atoms with Crippen molar-refractivity contribution in [2.75, 3.05) is 0 Å². The normalized spacial score (nSPS) is 12.5. The van der Waals surface area contributed by atoms with Gasteiger partial charge in [-0.3, -0.25) is 4.79 Å². The molecule has 0 aliphatic heterocycles. The molecule has 4 aromatic rings. The lowest BCUT2D eigenvalue weighted by Crippen LogP contribution is -2.08. The van der Waals surface area contributed by atoms with E-state index in [1.165, 1.54) is 11.1 Å². The molecule has 3 aromatic carbocycles. The van der Waals surface area contributed by atoms with Crippen molar-refractivity contribution in [1.29, 1.82) is 0 Å². The smallest absolute Gasteiger partial charge is 0.152 e. The Labute approximate surface area is 171 Å². The van der Waals surface area contributed by atoms with Gasteiger partial charge in [0, 0.05) is 5.56 Å². The fraction of sp³-hybridized carbons (Fsp3) is 0.154. The van der Waals surface area contributed by atoms with Crippen molar-refractivity contribution in [3.63, 3.8) is 0 Å². The van der Waals surface area contributed by atoms with E-state index in [0.717, 1.165) is 28.0 Å². The zero-order valence-corrected chi connectivity index (χ0v) is 17.0. The predicted molar refractivity (Wildman–Crippen MR) is 120 cm³/mol. The number of para-hydroxylation sites is 2. The van der Waals surface area contributed by atoms with Gasteiger partial charge in [0.1, 0.15) is 5.82 Å². The van der Waals surface area contributed by atoms with Crippen LogP contribution in [0.15, 0.2) is 78.9 Å². The van der Waals surface area contributed by atoms with Crippen LogP contribution in [-0.2, 0) is 4.79 Å². The second-order valence-electron chi connectivity index (χ2n) is 7.45. The summed E-state index contributed by atoms with van der Waals surface area (Å²) in [5.74, 6) is 0.966. The molecule has 0 fully saturated rings. The van der Waals surface area contributed by atoms with E-state index in [1.54, 1.807) is 13.0 Å². The minimum absolute atomic E-state index is 0.0376. The first-order chi connectivity index (χ1) is 14.0. The van der Waals surface area contributed by atoms with Crippen molar-refractivity contribution in [3.8, 4) is 11.4 Å². The Kier molecular flexibility index (Phi) is 5.13. The summed E-state index contributed by atoms with van der Waals surface area (Å²) in [5.41, 5.74) is 6.60. The van der Waals surface area contributed by atoms with E-state index in [0.29, 0.717) is 0 Å². The maximum Gasteiger partial charge on any atom is 0.152 e. The molecule has 0 aliphatic carbocycles. The fourth-order valence-corrected chi connectivity index (χ4v) is 3.63. The Morgan fingerprint density at radius 1 is 1.00 bits per heavy atom. The molecule has 4 rings (SSSR count). The number of hydrogen-bond acceptors (Lipinski definition) is 2. The molecule has 1 aromatic heterocycles. The Bertz CT molecular complexity index is 1200. The molecule has 1 heterocycles. The maximum absolute atomic E-state index is 11.3. The number of aromatic nitrogens is 2. The lowest BCUT2D eigenvalue weighted by Gasteiger charge is -2.19. The highest BCUT2D eigenvalue weighted by molar-refractivity contribution is 5.91. The van der Waals surface area contributed by atoms with Gasteiger partial charge in [-0.15, -0.1) is 0 Å². The van der Waals surface area contributed by atoms with E-state index < -0.39 is 0 Å². The molecular formula is C26H24N2O. The molecule has 3 heteroatoms. The van der Waals surface area contributed by atoms with E-state index in [2.05, 4.69) is 73.0 Å². The highest BCUT2D eigenvalue weighted by Crippen LogP contribution is 2.32. The largest absolute Gasteiger partial charge is 0.317 e. The molecule has 0 unspecified atom stereocenters. The molecule has 0 amide bonds. The summed E-state index contributed by atoms with van der Waals surface area (Å²) in [6.07, 6.45) is 3.44. The molecule has 0 radical (unpaired) electrons. The van der Waals surface area contributed by atoms with Crippen molar-refractivity contribution in [2.45, 2.75) is 26.8 Å². The van der Waals surface area contributed by atoms with Crippen molar-refractivity contribution in [3.05, 3.63) is 95.6 Å². The SMILES string of the molecule is CC(=O)/C=C/c1cccc(-c2nc3ccccc3n2[C@H](C)c2ccc(C)cc2)c1. The molecule has 0 N–H and O–H groups in total. The van der Waals surface area contributed by atoms with Gasteiger partial charge in [0.05, 0.1) is 17.1 Å². The number of rotatable bonds is 5. The number of hydrogen-bond donors (Lipinski definition) is 0. The van der Waals surface area contributed by atoms with E-state index in [4.69, 9.17) is 4.98 Å². The molecule has 1 atom stereocenters. The summed E-state index contributed by atoms with van der Waals surface area (Å²) < 4.78 is 2.30. The molecule has 0 bridgehead atoms. The van der Waals surface area contributed by atoms with Gasteiger partial charge < -0.3 is 4.57 Å². The monoisotopic (exact) mass is 380 g/mol. The molecule has 3 nitrogen and oxygen atoms in total. The number of fused-ring (bicyclic) bond motifs is 1. The minimum atomic E-state index is 0.0376. The van der Waals surface area contributed by atoms with Gasteiger partial charge in [0.2, 0.25) is 0 Å². The first-order valence-corrected chi connectivity index (χ1v) is 9.85. The van der Waals surface area contributed by atoms with Gasteiger partial charge in [-0.25, -0.2) is 4.98 Å². The molecule has 0 saturated carbocycles. The molecular weight excluding hydrogens is 356 g/mol. The molecule has 29 heavy (non-hydrogen) atoms. The third kappa shape index (κ3) is 3.90. The van der Waals surface area contributed by atoms with E-state index in [1.807, 2.05) is 24.3 Å². The van der Waals surface area contributed by atoms with Crippen LogP contribution >= 0.6 is 0 Å². The van der Waals surface area contributed by atoms with Crippen LogP contribution in [0.3, 0.4) is 0 Å². The van der Waals surface area contributed by atoms with Crippen LogP contribution in [0.25, 0.3) is 28.5 Å². The number of imidazole rings is 1. The van der Waals surface area contributed by atoms with Gasteiger partial charge in [-0.1, -0.05) is 66.2 Å². The summed E-state index contributed by atoms with van der Waals surface area (Å²) in [7, 11) is 0. The van der Waals surface area contributed by atoms with Gasteiger partial charge in [-0.2, -0.15) is 0 Å². The molecule has 0 saturated heterocycles. The average Bonchev–Trinajstić information content (AvgIpc) is 3.12. The van der Waals surface area contributed by atoms with Gasteiger partial charge in [0.15, 0.2) is 5.78 Å². The van der Waals surface area contributed by atoms with Crippen LogP contribution in [0.4, 0.5) is 0 Å². The molecule has 0 aliphatic rings. The van der Waals surface area contributed by atoms with Crippen LogP contribution in [0, 0.1) is 6.92 Å². The van der Waals surface area contributed by atoms with Gasteiger partial charge >= 0.3 is 0 Å². The van der Waals surface area contributed by atoms with Crippen molar-refractivity contribution < 1.29 is 4.79 Å². The first kappa shape index (κ1) is 18.9. The van der Waals surface area contributed by atoms with E-state index in [9.17, 15) is 4.79 Å². The molecule has 144 valence electrons. The quantitative estimate of drug-likeness (QED) is 0.385. The van der Waals surface area contributed by atoms with Crippen molar-refractivity contribution >= 4 is 22.9 Å². The number of carbonyl (C=O) groups excluding carboxylic acids is 1. The zero-order chi connectivity index (χ0) is 20.4. The van der Waals surface area contributed by atoms with Crippen LogP contribution < -0.4 is 0 Å². The van der Waals surface area contributed by atoms with Gasteiger partial charge in [-0.05, 0) is 56.2 Å². The third-order valence-corrected chi connectivity index (χ3v) is 5.20. The van der Waals surface area contributed by atoms with Crippen LogP contribution in [0.1, 0.15) is 36.6 Å². The highest BCUT2D eigenvalue weighted by Gasteiger charge is 2.18. The standard InChI is InChI=1S/C26H24N2O/c1-18-11-15-22(16-12-18)20(3)28-25-10-5-4-9-24(25)27-26(28)23-8-6-7-21(17-23)14-13-19(2)29/h4-17,20H,1-3H3/b14-13+/t20-/m1/s1. The van der Waals surface area contributed by atoms with E-state index in [-0.39, 0.29) is 11.8 Å². The average molecular weight is 380 g/mol. The van der Waals surface area contributed by atoms with E-state index >= 15 is 0 Å².